The molecule has 1 aromatic rings. The van der Waals surface area contributed by atoms with Crippen molar-refractivity contribution in [1.82, 2.24) is 4.90 Å². The van der Waals surface area contributed by atoms with E-state index in [-0.39, 0.29) is 5.79 Å². The molecule has 1 aliphatic carbocycles. The second kappa shape index (κ2) is 5.71. The van der Waals surface area contributed by atoms with Crippen LogP contribution in [0.2, 0.25) is 0 Å². The number of rotatable bonds is 2. The Balaban J connectivity index is 1.46. The number of ether oxygens (including phenoxy) is 2. The van der Waals surface area contributed by atoms with E-state index in [2.05, 4.69) is 35.2 Å². The first-order valence-corrected chi connectivity index (χ1v) is 8.41. The second-order valence-corrected chi connectivity index (χ2v) is 6.78. The van der Waals surface area contributed by atoms with Gasteiger partial charge in [0.2, 0.25) is 0 Å². The number of fused-ring (bicyclic) bond motifs is 1. The average Bonchev–Trinajstić information content (AvgIpc) is 2.96. The number of likely N-dealkylation sites (tertiary alicyclic amines) is 1. The van der Waals surface area contributed by atoms with Gasteiger partial charge in [-0.2, -0.15) is 0 Å². The highest BCUT2D eigenvalue weighted by Crippen LogP contribution is 2.44. The number of piperidine rings is 1. The van der Waals surface area contributed by atoms with Crippen molar-refractivity contribution in [2.45, 2.75) is 50.5 Å². The molecular weight excluding hydrogens is 262 g/mol. The Labute approximate surface area is 127 Å². The molecule has 0 bridgehead atoms. The van der Waals surface area contributed by atoms with Crippen LogP contribution >= 0.6 is 0 Å². The van der Waals surface area contributed by atoms with Gasteiger partial charge in [-0.3, -0.25) is 4.90 Å². The minimum Gasteiger partial charge on any atom is -0.348 e. The standard InChI is InChI=1S/C18H25NO2/c1-2-5-15(6-3-1)14-19-10-4-7-16-13-18(9-8-17(16)19)20-11-12-21-18/h1-3,5-6,16-17H,4,7-14H2/t16-,17+/m0/s1. The van der Waals surface area contributed by atoms with Crippen molar-refractivity contribution >= 4 is 0 Å². The van der Waals surface area contributed by atoms with Crippen LogP contribution in [0.15, 0.2) is 30.3 Å². The molecule has 3 nitrogen and oxygen atoms in total. The lowest BCUT2D eigenvalue weighted by Crippen LogP contribution is -2.52. The van der Waals surface area contributed by atoms with Crippen molar-refractivity contribution in [2.75, 3.05) is 19.8 Å². The monoisotopic (exact) mass is 287 g/mol. The molecular formula is C18H25NO2. The normalized spacial score (nSPS) is 32.2. The Hall–Kier alpha value is -0.900. The van der Waals surface area contributed by atoms with Crippen molar-refractivity contribution in [3.63, 3.8) is 0 Å². The Morgan fingerprint density at radius 2 is 1.90 bits per heavy atom. The van der Waals surface area contributed by atoms with Gasteiger partial charge >= 0.3 is 0 Å². The topological polar surface area (TPSA) is 21.7 Å². The van der Waals surface area contributed by atoms with Crippen LogP contribution in [0.1, 0.15) is 37.7 Å². The van der Waals surface area contributed by atoms with E-state index in [1.165, 1.54) is 31.4 Å². The summed E-state index contributed by atoms with van der Waals surface area (Å²) in [5, 5.41) is 0. The molecule has 3 aliphatic rings. The quantitative estimate of drug-likeness (QED) is 0.834. The summed E-state index contributed by atoms with van der Waals surface area (Å²) in [6.45, 7) is 3.90. The summed E-state index contributed by atoms with van der Waals surface area (Å²) in [4.78, 5) is 2.70. The summed E-state index contributed by atoms with van der Waals surface area (Å²) in [5.74, 6) is 0.519. The summed E-state index contributed by atoms with van der Waals surface area (Å²) in [5.41, 5.74) is 1.44. The van der Waals surface area contributed by atoms with Gasteiger partial charge in [-0.25, -0.2) is 0 Å². The van der Waals surface area contributed by atoms with Crippen LogP contribution in [-0.2, 0) is 16.0 Å². The van der Waals surface area contributed by atoms with Gasteiger partial charge in [-0.15, -0.1) is 0 Å². The number of nitrogens with zero attached hydrogens (tertiary/aromatic N) is 1. The van der Waals surface area contributed by atoms with Gasteiger partial charge in [0.1, 0.15) is 0 Å². The number of benzene rings is 1. The summed E-state index contributed by atoms with van der Waals surface area (Å²) in [7, 11) is 0. The van der Waals surface area contributed by atoms with E-state index >= 15 is 0 Å². The van der Waals surface area contributed by atoms with Crippen molar-refractivity contribution < 1.29 is 9.47 Å². The molecule has 21 heavy (non-hydrogen) atoms. The van der Waals surface area contributed by atoms with Crippen LogP contribution in [0.3, 0.4) is 0 Å². The van der Waals surface area contributed by atoms with E-state index in [4.69, 9.17) is 9.47 Å². The van der Waals surface area contributed by atoms with Crippen molar-refractivity contribution in [2.24, 2.45) is 5.92 Å². The summed E-state index contributed by atoms with van der Waals surface area (Å²) < 4.78 is 11.9. The molecule has 0 N–H and O–H groups in total. The molecule has 114 valence electrons. The molecule has 4 rings (SSSR count). The van der Waals surface area contributed by atoms with E-state index in [1.807, 2.05) is 0 Å². The zero-order chi connectivity index (χ0) is 14.1. The van der Waals surface area contributed by atoms with Gasteiger partial charge in [-0.1, -0.05) is 30.3 Å². The first-order valence-electron chi connectivity index (χ1n) is 8.41. The number of hydrogen-bond donors (Lipinski definition) is 0. The zero-order valence-corrected chi connectivity index (χ0v) is 12.7. The zero-order valence-electron chi connectivity index (χ0n) is 12.7. The maximum Gasteiger partial charge on any atom is 0.168 e. The lowest BCUT2D eigenvalue weighted by Gasteiger charge is -2.48. The van der Waals surface area contributed by atoms with Gasteiger partial charge in [0, 0.05) is 25.4 Å². The van der Waals surface area contributed by atoms with Crippen molar-refractivity contribution in [3.8, 4) is 0 Å². The lowest BCUT2D eigenvalue weighted by atomic mass is 9.75. The van der Waals surface area contributed by atoms with Crippen LogP contribution in [-0.4, -0.2) is 36.5 Å². The molecule has 0 radical (unpaired) electrons. The highest BCUT2D eigenvalue weighted by Gasteiger charge is 2.47. The predicted molar refractivity (Wildman–Crippen MR) is 81.9 cm³/mol. The van der Waals surface area contributed by atoms with Crippen molar-refractivity contribution in [3.05, 3.63) is 35.9 Å². The van der Waals surface area contributed by atoms with E-state index < -0.39 is 0 Å². The van der Waals surface area contributed by atoms with Gasteiger partial charge in [0.25, 0.3) is 0 Å². The summed E-state index contributed by atoms with van der Waals surface area (Å²) in [6.07, 6.45) is 6.04. The van der Waals surface area contributed by atoms with E-state index in [0.29, 0.717) is 0 Å². The third kappa shape index (κ3) is 2.75. The van der Waals surface area contributed by atoms with Gasteiger partial charge in [0.05, 0.1) is 13.2 Å². The van der Waals surface area contributed by atoms with E-state index in [1.54, 1.807) is 0 Å². The highest BCUT2D eigenvalue weighted by atomic mass is 16.7. The molecule has 2 heterocycles. The molecule has 3 fully saturated rings. The largest absolute Gasteiger partial charge is 0.348 e. The molecule has 0 aromatic heterocycles. The highest BCUT2D eigenvalue weighted by molar-refractivity contribution is 5.15. The molecule has 2 atom stereocenters. The van der Waals surface area contributed by atoms with Crippen LogP contribution in [0, 0.1) is 5.92 Å². The molecule has 2 saturated heterocycles. The fraction of sp³-hybridized carbons (Fsp3) is 0.667. The predicted octanol–water partition coefficient (Wildman–Crippen LogP) is 3.19. The second-order valence-electron chi connectivity index (χ2n) is 6.78. The lowest BCUT2D eigenvalue weighted by molar-refractivity contribution is -0.201. The maximum atomic E-state index is 5.94. The minimum absolute atomic E-state index is 0.225. The third-order valence-electron chi connectivity index (χ3n) is 5.47. The molecule has 1 aromatic carbocycles. The third-order valence-corrected chi connectivity index (χ3v) is 5.47. The SMILES string of the molecule is c1ccc(CN2CCC[C@H]3CC4(CC[C@H]32)OCCO4)cc1. The summed E-state index contributed by atoms with van der Waals surface area (Å²) >= 11 is 0. The fourth-order valence-electron chi connectivity index (χ4n) is 4.51. The Bertz CT molecular complexity index is 469. The molecule has 1 saturated carbocycles. The van der Waals surface area contributed by atoms with Gasteiger partial charge in [0.15, 0.2) is 5.79 Å². The van der Waals surface area contributed by atoms with Crippen LogP contribution in [0.25, 0.3) is 0 Å². The first-order chi connectivity index (χ1) is 10.3. The van der Waals surface area contributed by atoms with Crippen LogP contribution in [0.4, 0.5) is 0 Å². The Morgan fingerprint density at radius 1 is 1.10 bits per heavy atom. The molecule has 0 unspecified atom stereocenters. The summed E-state index contributed by atoms with van der Waals surface area (Å²) in [6, 6.07) is 11.6. The van der Waals surface area contributed by atoms with E-state index in [0.717, 1.165) is 44.6 Å². The maximum absolute atomic E-state index is 5.94. The Kier molecular flexibility index (Phi) is 3.74. The van der Waals surface area contributed by atoms with Crippen molar-refractivity contribution in [1.29, 1.82) is 0 Å². The van der Waals surface area contributed by atoms with E-state index in [9.17, 15) is 0 Å². The molecule has 0 amide bonds. The Morgan fingerprint density at radius 3 is 2.71 bits per heavy atom. The first kappa shape index (κ1) is 13.7. The molecule has 3 heteroatoms. The van der Waals surface area contributed by atoms with Crippen LogP contribution in [0.5, 0.6) is 0 Å². The average molecular weight is 287 g/mol. The van der Waals surface area contributed by atoms with Gasteiger partial charge < -0.3 is 9.47 Å². The number of hydrogen-bond acceptors (Lipinski definition) is 3. The fourth-order valence-corrected chi connectivity index (χ4v) is 4.51. The minimum atomic E-state index is -0.225. The van der Waals surface area contributed by atoms with Crippen LogP contribution < -0.4 is 0 Å². The molecule has 1 spiro atoms. The molecule has 2 aliphatic heterocycles. The smallest absolute Gasteiger partial charge is 0.168 e. The van der Waals surface area contributed by atoms with Gasteiger partial charge in [-0.05, 0) is 37.3 Å².